The molecule has 4 nitrogen and oxygen atoms in total. The zero-order valence-corrected chi connectivity index (χ0v) is 34.3. The third-order valence-corrected chi connectivity index (χ3v) is 14.1. The molecule has 0 N–H and O–H groups in total. The predicted molar refractivity (Wildman–Crippen MR) is 250 cm³/mol. The molecule has 0 amide bonds. The highest BCUT2D eigenvalue weighted by atomic mass is 16.5. The topological polar surface area (TPSA) is 31.5 Å². The average Bonchev–Trinajstić information content (AvgIpc) is 4.05. The molecule has 0 radical (unpaired) electrons. The maximum Gasteiger partial charge on any atom is 0.220 e. The Morgan fingerprint density at radius 2 is 1.03 bits per heavy atom. The van der Waals surface area contributed by atoms with Crippen LogP contribution in [-0.4, -0.2) is 14.0 Å². The molecule has 1 fully saturated rings. The minimum absolute atomic E-state index is 0.347. The molecule has 1 aliphatic heterocycles. The van der Waals surface area contributed by atoms with Crippen LogP contribution in [0.5, 0.6) is 11.5 Å². The lowest BCUT2D eigenvalue weighted by Gasteiger charge is -2.36. The summed E-state index contributed by atoms with van der Waals surface area (Å²) in [5.41, 5.74) is 21.4. The minimum atomic E-state index is -0.347. The molecule has 8 aromatic carbocycles. The molecule has 10 aromatic rings. The Bertz CT molecular complexity index is 3450. The van der Waals surface area contributed by atoms with E-state index in [0.29, 0.717) is 5.92 Å². The number of fused-ring (bicyclic) bond motifs is 15. The van der Waals surface area contributed by atoms with Crippen LogP contribution in [0.25, 0.3) is 89.2 Å². The molecular formula is C57H43N3O. The first-order valence-electron chi connectivity index (χ1n) is 21.8. The molecule has 61 heavy (non-hydrogen) atoms. The van der Waals surface area contributed by atoms with Gasteiger partial charge >= 0.3 is 0 Å². The van der Waals surface area contributed by atoms with Crippen molar-refractivity contribution in [1.29, 1.82) is 0 Å². The molecule has 0 bridgehead atoms. The van der Waals surface area contributed by atoms with Crippen molar-refractivity contribution in [1.82, 2.24) is 14.0 Å². The Hall–Kier alpha value is -7.17. The maximum atomic E-state index is 7.24. The van der Waals surface area contributed by atoms with E-state index in [0.717, 1.165) is 50.6 Å². The number of hydrogen-bond donors (Lipinski definition) is 0. The van der Waals surface area contributed by atoms with Crippen LogP contribution in [-0.2, 0) is 5.41 Å². The van der Waals surface area contributed by atoms with Gasteiger partial charge in [-0.25, -0.2) is 4.98 Å². The van der Waals surface area contributed by atoms with Gasteiger partial charge in [0.25, 0.3) is 0 Å². The Labute approximate surface area is 355 Å². The van der Waals surface area contributed by atoms with Crippen LogP contribution < -0.4 is 4.74 Å². The van der Waals surface area contributed by atoms with E-state index in [-0.39, 0.29) is 5.41 Å². The van der Waals surface area contributed by atoms with Crippen molar-refractivity contribution >= 4 is 27.8 Å². The van der Waals surface area contributed by atoms with Gasteiger partial charge in [-0.2, -0.15) is 0 Å². The van der Waals surface area contributed by atoms with E-state index in [9.17, 15) is 0 Å². The number of ether oxygens (including phenoxy) is 1. The van der Waals surface area contributed by atoms with Gasteiger partial charge in [-0.05, 0) is 129 Å². The number of hydrogen-bond acceptors (Lipinski definition) is 2. The van der Waals surface area contributed by atoms with Crippen LogP contribution in [0.3, 0.4) is 0 Å². The summed E-state index contributed by atoms with van der Waals surface area (Å²) in [6.07, 6.45) is 4.83. The first kappa shape index (κ1) is 34.7. The second-order valence-corrected chi connectivity index (χ2v) is 17.8. The van der Waals surface area contributed by atoms with Crippen LogP contribution in [0.1, 0.15) is 62.1 Å². The second kappa shape index (κ2) is 12.9. The van der Waals surface area contributed by atoms with Gasteiger partial charge in [-0.1, -0.05) is 142 Å². The van der Waals surface area contributed by atoms with Crippen LogP contribution in [0, 0.1) is 0 Å². The van der Waals surface area contributed by atoms with Gasteiger partial charge in [0.05, 0.1) is 27.8 Å². The van der Waals surface area contributed by atoms with E-state index in [2.05, 4.69) is 193 Å². The van der Waals surface area contributed by atoms with E-state index in [1.807, 2.05) is 0 Å². The third kappa shape index (κ3) is 4.96. The number of para-hydroxylation sites is 5. The lowest BCUT2D eigenvalue weighted by molar-refractivity contribution is 0.419. The molecule has 0 spiro atoms. The number of nitrogens with zero attached hydrogens (tertiary/aromatic N) is 3. The zero-order valence-electron chi connectivity index (χ0n) is 34.3. The second-order valence-electron chi connectivity index (χ2n) is 17.8. The summed E-state index contributed by atoms with van der Waals surface area (Å²) in [6, 6.07) is 62.7. The molecule has 0 saturated heterocycles. The minimum Gasteiger partial charge on any atom is -0.456 e. The van der Waals surface area contributed by atoms with Crippen molar-refractivity contribution < 1.29 is 4.74 Å². The van der Waals surface area contributed by atoms with Crippen molar-refractivity contribution in [3.63, 3.8) is 0 Å². The normalized spacial score (nSPS) is 15.0. The van der Waals surface area contributed by atoms with Crippen LogP contribution in [0.2, 0.25) is 0 Å². The van der Waals surface area contributed by atoms with E-state index in [1.165, 1.54) is 92.4 Å². The number of benzene rings is 8. The Morgan fingerprint density at radius 1 is 0.492 bits per heavy atom. The maximum absolute atomic E-state index is 7.24. The molecule has 292 valence electrons. The summed E-state index contributed by atoms with van der Waals surface area (Å²) in [6.45, 7) is 4.72. The van der Waals surface area contributed by atoms with Crippen molar-refractivity contribution in [2.45, 2.75) is 50.9 Å². The average molecular weight is 786 g/mol. The van der Waals surface area contributed by atoms with Gasteiger partial charge in [0, 0.05) is 22.1 Å². The Balaban J connectivity index is 1.17. The Kier molecular flexibility index (Phi) is 7.34. The number of rotatable bonds is 3. The van der Waals surface area contributed by atoms with E-state index in [4.69, 9.17) is 9.72 Å². The quantitative estimate of drug-likeness (QED) is 0.179. The largest absolute Gasteiger partial charge is 0.456 e. The lowest BCUT2D eigenvalue weighted by atomic mass is 9.73. The molecule has 2 aliphatic carbocycles. The molecule has 1 saturated carbocycles. The van der Waals surface area contributed by atoms with Crippen molar-refractivity contribution in [3.05, 3.63) is 187 Å². The highest BCUT2D eigenvalue weighted by Crippen LogP contribution is 2.56. The molecule has 3 aliphatic rings. The van der Waals surface area contributed by atoms with E-state index < -0.39 is 0 Å². The lowest BCUT2D eigenvalue weighted by Crippen LogP contribution is -2.25. The molecule has 4 heteroatoms. The van der Waals surface area contributed by atoms with Crippen LogP contribution in [0.15, 0.2) is 170 Å². The molecular weight excluding hydrogens is 743 g/mol. The molecule has 13 rings (SSSR count). The zero-order chi connectivity index (χ0) is 40.4. The SMILES string of the molecule is CC1(C)c2ccccc2Oc2c(-c3cc4c(cc3C3CCCC3)-c3ccccc3-c3ccccc3-c3ccccc3-4)cc(-n3c4ccccc4n4c5ccccc5nc34)cc21. The monoisotopic (exact) mass is 785 g/mol. The number of aromatic nitrogens is 3. The molecule has 3 heterocycles. The van der Waals surface area contributed by atoms with Crippen LogP contribution in [0.4, 0.5) is 0 Å². The van der Waals surface area contributed by atoms with Gasteiger partial charge in [0.2, 0.25) is 5.78 Å². The summed E-state index contributed by atoms with van der Waals surface area (Å²) < 4.78 is 11.9. The highest BCUT2D eigenvalue weighted by Gasteiger charge is 2.38. The van der Waals surface area contributed by atoms with Crippen molar-refractivity contribution in [3.8, 4) is 72.8 Å². The molecule has 0 atom stereocenters. The van der Waals surface area contributed by atoms with Gasteiger partial charge < -0.3 is 4.74 Å². The summed E-state index contributed by atoms with van der Waals surface area (Å²) in [5.74, 6) is 3.20. The van der Waals surface area contributed by atoms with Crippen molar-refractivity contribution in [2.75, 3.05) is 0 Å². The highest BCUT2D eigenvalue weighted by molar-refractivity contribution is 6.05. The third-order valence-electron chi connectivity index (χ3n) is 14.1. The van der Waals surface area contributed by atoms with E-state index in [1.54, 1.807) is 0 Å². The van der Waals surface area contributed by atoms with Gasteiger partial charge in [0.1, 0.15) is 11.5 Å². The fourth-order valence-corrected chi connectivity index (χ4v) is 11.2. The van der Waals surface area contributed by atoms with Gasteiger partial charge in [-0.15, -0.1) is 0 Å². The van der Waals surface area contributed by atoms with Crippen LogP contribution >= 0.6 is 0 Å². The predicted octanol–water partition coefficient (Wildman–Crippen LogP) is 15.2. The number of imidazole rings is 2. The van der Waals surface area contributed by atoms with Crippen molar-refractivity contribution in [2.24, 2.45) is 0 Å². The fourth-order valence-electron chi connectivity index (χ4n) is 11.2. The summed E-state index contributed by atoms with van der Waals surface area (Å²) in [5, 5.41) is 0. The molecule has 2 aromatic heterocycles. The smallest absolute Gasteiger partial charge is 0.220 e. The summed E-state index contributed by atoms with van der Waals surface area (Å²) >= 11 is 0. The fraction of sp³-hybridized carbons (Fsp3) is 0.140. The standard InChI is InChI=1S/C57H43N3O/c1-57(2)48-25-11-16-30-54(48)61-55-47(31-36(32-49(55)57)59-52-28-14-15-29-53(52)60-51-27-13-12-26-50(51)58-56(59)60)46-34-45-42-24-10-8-22-40(42)38-20-6-5-19-37(38)39-21-7-9-23-41(39)44(45)33-43(46)35-17-3-4-18-35/h5-16,19-35H,3-4,17-18H2,1-2H3. The Morgan fingerprint density at radius 3 is 1.70 bits per heavy atom. The van der Waals surface area contributed by atoms with Gasteiger partial charge in [0.15, 0.2) is 0 Å². The summed E-state index contributed by atoms with van der Waals surface area (Å²) in [4.78, 5) is 5.33. The first-order valence-corrected chi connectivity index (χ1v) is 21.8. The summed E-state index contributed by atoms with van der Waals surface area (Å²) in [7, 11) is 0. The van der Waals surface area contributed by atoms with E-state index >= 15 is 0 Å². The van der Waals surface area contributed by atoms with Gasteiger partial charge in [-0.3, -0.25) is 8.97 Å². The molecule has 0 unspecified atom stereocenters. The first-order chi connectivity index (χ1) is 30.0.